The van der Waals surface area contributed by atoms with Crippen LogP contribution in [0.1, 0.15) is 12.8 Å². The molecule has 2 aromatic rings. The highest BCUT2D eigenvalue weighted by Crippen LogP contribution is 2.30. The lowest BCUT2D eigenvalue weighted by atomic mass is 9.97. The second-order valence-corrected chi connectivity index (χ2v) is 5.99. The molecule has 1 aromatic carbocycles. The number of nitrogens with zero attached hydrogens (tertiary/aromatic N) is 3. The molecule has 3 rings (SSSR count). The van der Waals surface area contributed by atoms with Gasteiger partial charge in [-0.1, -0.05) is 15.9 Å². The first kappa shape index (κ1) is 13.3. The number of anilines is 1. The van der Waals surface area contributed by atoms with E-state index in [0.717, 1.165) is 40.4 Å². The molecule has 1 amide bonds. The smallest absolute Gasteiger partial charge is 0.222 e. The van der Waals surface area contributed by atoms with Crippen molar-refractivity contribution in [1.82, 2.24) is 10.2 Å². The largest absolute Gasteiger partial charge is 0.369 e. The van der Waals surface area contributed by atoms with Crippen molar-refractivity contribution in [2.75, 3.05) is 18.0 Å². The number of hydrogen-bond acceptors (Lipinski definition) is 4. The van der Waals surface area contributed by atoms with Gasteiger partial charge in [-0.2, -0.15) is 10.2 Å². The molecule has 0 spiro atoms. The molecule has 1 fully saturated rings. The number of fused-ring (bicyclic) bond motifs is 1. The van der Waals surface area contributed by atoms with Crippen LogP contribution < -0.4 is 10.6 Å². The number of rotatable bonds is 2. The highest BCUT2D eigenvalue weighted by atomic mass is 79.9. The summed E-state index contributed by atoms with van der Waals surface area (Å²) in [6.45, 7) is 1.57. The van der Waals surface area contributed by atoms with Gasteiger partial charge in [0, 0.05) is 22.9 Å². The number of nitrogens with two attached hydrogens (primary N) is 1. The van der Waals surface area contributed by atoms with Gasteiger partial charge in [-0.15, -0.1) is 0 Å². The second-order valence-electron chi connectivity index (χ2n) is 5.08. The SMILES string of the molecule is NC(=O)C1CCCN(c2cnnc3ccc(Br)cc23)C1. The predicted octanol–water partition coefficient (Wildman–Crippen LogP) is 2.09. The van der Waals surface area contributed by atoms with Gasteiger partial charge in [0.25, 0.3) is 0 Å². The Labute approximate surface area is 125 Å². The lowest BCUT2D eigenvalue weighted by Gasteiger charge is -2.33. The Morgan fingerprint density at radius 3 is 3.10 bits per heavy atom. The third-order valence-electron chi connectivity index (χ3n) is 3.74. The summed E-state index contributed by atoms with van der Waals surface area (Å²) in [6.07, 6.45) is 3.59. The molecule has 2 N–H and O–H groups in total. The molecular formula is C14H15BrN4O. The van der Waals surface area contributed by atoms with Crippen molar-refractivity contribution >= 4 is 38.4 Å². The molecule has 20 heavy (non-hydrogen) atoms. The summed E-state index contributed by atoms with van der Waals surface area (Å²) in [7, 11) is 0. The van der Waals surface area contributed by atoms with Gasteiger partial charge in [0.05, 0.1) is 23.3 Å². The van der Waals surface area contributed by atoms with Crippen LogP contribution in [-0.4, -0.2) is 29.2 Å². The van der Waals surface area contributed by atoms with Crippen LogP contribution >= 0.6 is 15.9 Å². The molecule has 1 saturated heterocycles. The minimum absolute atomic E-state index is 0.0841. The van der Waals surface area contributed by atoms with Crippen molar-refractivity contribution in [3.8, 4) is 0 Å². The molecule has 0 saturated carbocycles. The van der Waals surface area contributed by atoms with Crippen molar-refractivity contribution in [2.24, 2.45) is 11.7 Å². The number of benzene rings is 1. The van der Waals surface area contributed by atoms with E-state index in [0.29, 0.717) is 6.54 Å². The summed E-state index contributed by atoms with van der Waals surface area (Å²) in [5, 5.41) is 9.25. The summed E-state index contributed by atoms with van der Waals surface area (Å²) < 4.78 is 1.00. The normalized spacial score (nSPS) is 19.2. The third-order valence-corrected chi connectivity index (χ3v) is 4.24. The average Bonchev–Trinajstić information content (AvgIpc) is 2.46. The molecule has 1 aromatic heterocycles. The Morgan fingerprint density at radius 1 is 1.45 bits per heavy atom. The maximum Gasteiger partial charge on any atom is 0.222 e. The zero-order valence-electron chi connectivity index (χ0n) is 10.9. The zero-order chi connectivity index (χ0) is 14.1. The van der Waals surface area contributed by atoms with Crippen molar-refractivity contribution in [1.29, 1.82) is 0 Å². The van der Waals surface area contributed by atoms with E-state index < -0.39 is 0 Å². The number of amides is 1. The Morgan fingerprint density at radius 2 is 2.30 bits per heavy atom. The summed E-state index contributed by atoms with van der Waals surface area (Å²) >= 11 is 3.48. The fraction of sp³-hybridized carbons (Fsp3) is 0.357. The maximum atomic E-state index is 11.4. The van der Waals surface area contributed by atoms with E-state index in [1.807, 2.05) is 18.2 Å². The van der Waals surface area contributed by atoms with E-state index in [4.69, 9.17) is 5.73 Å². The van der Waals surface area contributed by atoms with E-state index in [-0.39, 0.29) is 11.8 Å². The number of halogens is 1. The monoisotopic (exact) mass is 334 g/mol. The fourth-order valence-corrected chi connectivity index (χ4v) is 3.06. The molecule has 5 nitrogen and oxygen atoms in total. The van der Waals surface area contributed by atoms with Crippen LogP contribution in [0.25, 0.3) is 10.9 Å². The molecule has 1 aliphatic heterocycles. The van der Waals surface area contributed by atoms with Crippen LogP contribution in [0.4, 0.5) is 5.69 Å². The van der Waals surface area contributed by atoms with E-state index in [9.17, 15) is 4.79 Å². The number of aromatic nitrogens is 2. The topological polar surface area (TPSA) is 72.1 Å². The van der Waals surface area contributed by atoms with Crippen molar-refractivity contribution in [3.05, 3.63) is 28.9 Å². The van der Waals surface area contributed by atoms with Crippen LogP contribution in [0.3, 0.4) is 0 Å². The first-order chi connectivity index (χ1) is 9.65. The van der Waals surface area contributed by atoms with Gasteiger partial charge in [-0.3, -0.25) is 4.79 Å². The Bertz CT molecular complexity index is 661. The first-order valence-electron chi connectivity index (χ1n) is 6.60. The van der Waals surface area contributed by atoms with Crippen molar-refractivity contribution < 1.29 is 4.79 Å². The molecule has 104 valence electrons. The molecule has 0 bridgehead atoms. The summed E-state index contributed by atoms with van der Waals surface area (Å²) in [6, 6.07) is 5.92. The minimum Gasteiger partial charge on any atom is -0.369 e. The van der Waals surface area contributed by atoms with E-state index in [1.54, 1.807) is 6.20 Å². The van der Waals surface area contributed by atoms with Crippen LogP contribution in [-0.2, 0) is 4.79 Å². The van der Waals surface area contributed by atoms with Crippen LogP contribution in [0, 0.1) is 5.92 Å². The van der Waals surface area contributed by atoms with Gasteiger partial charge in [0.2, 0.25) is 5.91 Å². The molecular weight excluding hydrogens is 320 g/mol. The Hall–Kier alpha value is -1.69. The van der Waals surface area contributed by atoms with Crippen LogP contribution in [0.15, 0.2) is 28.9 Å². The standard InChI is InChI=1S/C14H15BrN4O/c15-10-3-4-12-11(6-10)13(7-17-18-12)19-5-1-2-9(8-19)14(16)20/h3-4,6-7,9H,1-2,5,8H2,(H2,16,20). The summed E-state index contributed by atoms with van der Waals surface area (Å²) in [5.41, 5.74) is 7.31. The summed E-state index contributed by atoms with van der Waals surface area (Å²) in [5.74, 6) is -0.304. The van der Waals surface area contributed by atoms with Crippen molar-refractivity contribution in [3.63, 3.8) is 0 Å². The van der Waals surface area contributed by atoms with Gasteiger partial charge in [0.1, 0.15) is 0 Å². The number of primary amides is 1. The molecule has 0 radical (unpaired) electrons. The third kappa shape index (κ3) is 2.47. The number of carbonyl (C=O) groups is 1. The molecule has 2 heterocycles. The number of hydrogen-bond donors (Lipinski definition) is 1. The molecule has 1 unspecified atom stereocenters. The predicted molar refractivity (Wildman–Crippen MR) is 81.4 cm³/mol. The summed E-state index contributed by atoms with van der Waals surface area (Å²) in [4.78, 5) is 13.6. The fourth-order valence-electron chi connectivity index (χ4n) is 2.70. The zero-order valence-corrected chi connectivity index (χ0v) is 12.5. The second kappa shape index (κ2) is 5.36. The maximum absolute atomic E-state index is 11.4. The molecule has 6 heteroatoms. The van der Waals surface area contributed by atoms with Gasteiger partial charge in [-0.05, 0) is 31.0 Å². The van der Waals surface area contributed by atoms with E-state index in [2.05, 4.69) is 31.0 Å². The van der Waals surface area contributed by atoms with Crippen LogP contribution in [0.2, 0.25) is 0 Å². The highest BCUT2D eigenvalue weighted by Gasteiger charge is 2.25. The van der Waals surface area contributed by atoms with E-state index >= 15 is 0 Å². The van der Waals surface area contributed by atoms with E-state index in [1.165, 1.54) is 0 Å². The Balaban J connectivity index is 2.01. The van der Waals surface area contributed by atoms with Gasteiger partial charge >= 0.3 is 0 Å². The van der Waals surface area contributed by atoms with Gasteiger partial charge in [-0.25, -0.2) is 0 Å². The molecule has 0 aliphatic carbocycles. The molecule has 1 aliphatic rings. The number of carbonyl (C=O) groups excluding carboxylic acids is 1. The van der Waals surface area contributed by atoms with Gasteiger partial charge in [0.15, 0.2) is 0 Å². The quantitative estimate of drug-likeness (QED) is 0.912. The highest BCUT2D eigenvalue weighted by molar-refractivity contribution is 9.10. The Kier molecular flexibility index (Phi) is 3.56. The minimum atomic E-state index is -0.220. The lowest BCUT2D eigenvalue weighted by Crippen LogP contribution is -2.41. The average molecular weight is 335 g/mol. The van der Waals surface area contributed by atoms with Crippen LogP contribution in [0.5, 0.6) is 0 Å². The first-order valence-corrected chi connectivity index (χ1v) is 7.39. The number of piperidine rings is 1. The lowest BCUT2D eigenvalue weighted by molar-refractivity contribution is -0.122. The van der Waals surface area contributed by atoms with Crippen molar-refractivity contribution in [2.45, 2.75) is 12.8 Å². The van der Waals surface area contributed by atoms with Gasteiger partial charge < -0.3 is 10.6 Å². The molecule has 1 atom stereocenters.